The van der Waals surface area contributed by atoms with E-state index in [1.165, 1.54) is 16.7 Å². The monoisotopic (exact) mass is 362 g/mol. The number of benzene rings is 1. The highest BCUT2D eigenvalue weighted by Gasteiger charge is 2.56. The fourth-order valence-electron chi connectivity index (χ4n) is 3.32. The molecule has 6 nitrogen and oxygen atoms in total. The molecule has 0 saturated carbocycles. The summed E-state index contributed by atoms with van der Waals surface area (Å²) in [5.74, 6) is -0.495. The van der Waals surface area contributed by atoms with Crippen LogP contribution in [-0.4, -0.2) is 46.3 Å². The summed E-state index contributed by atoms with van der Waals surface area (Å²) < 4.78 is 5.42. The first kappa shape index (κ1) is 18.0. The molecule has 1 amide bonds. The third kappa shape index (κ3) is 3.44. The summed E-state index contributed by atoms with van der Waals surface area (Å²) in [5.41, 5.74) is 6.78. The molecule has 0 bridgehead atoms. The van der Waals surface area contributed by atoms with Crippen LogP contribution in [0.15, 0.2) is 40.9 Å². The number of hydrogen-bond donors (Lipinski definition) is 2. The third-order valence-corrected chi connectivity index (χ3v) is 5.64. The minimum absolute atomic E-state index is 0.157. The molecule has 0 aliphatic carbocycles. The van der Waals surface area contributed by atoms with Gasteiger partial charge in [0.1, 0.15) is 12.3 Å². The van der Waals surface area contributed by atoms with Crippen LogP contribution >= 0.6 is 11.8 Å². The average molecular weight is 362 g/mol. The standard InChI is InChI=1S/C18H22N2O4S/c1-11(21)15-13-9-14(25-8-7-19)16(20(13)17(15)22)18(23)24-10-12-5-3-2-4-6-12/h2-6,11,13,15,21H,7-10,19H2,1H3/t11-,13-,15-/m1/s1. The second kappa shape index (κ2) is 7.59. The zero-order valence-corrected chi connectivity index (χ0v) is 14.9. The second-order valence-electron chi connectivity index (χ2n) is 6.22. The summed E-state index contributed by atoms with van der Waals surface area (Å²) in [5, 5.41) is 9.82. The summed E-state index contributed by atoms with van der Waals surface area (Å²) in [7, 11) is 0. The molecule has 0 radical (unpaired) electrons. The number of fused-ring (bicyclic) bond motifs is 1. The Kier molecular flexibility index (Phi) is 5.46. The van der Waals surface area contributed by atoms with Gasteiger partial charge in [0.15, 0.2) is 0 Å². The van der Waals surface area contributed by atoms with E-state index in [1.54, 1.807) is 6.92 Å². The molecule has 3 N–H and O–H groups in total. The molecule has 0 aromatic heterocycles. The molecule has 2 aliphatic heterocycles. The van der Waals surface area contributed by atoms with Crippen LogP contribution in [0.1, 0.15) is 18.9 Å². The molecule has 1 aromatic carbocycles. The van der Waals surface area contributed by atoms with Crippen LogP contribution in [0.4, 0.5) is 0 Å². The number of nitrogens with zero attached hydrogens (tertiary/aromatic N) is 1. The molecular weight excluding hydrogens is 340 g/mol. The Labute approximate surface area is 151 Å². The van der Waals surface area contributed by atoms with E-state index in [4.69, 9.17) is 10.5 Å². The van der Waals surface area contributed by atoms with E-state index >= 15 is 0 Å². The lowest BCUT2D eigenvalue weighted by molar-refractivity contribution is -0.162. The maximum Gasteiger partial charge on any atom is 0.356 e. The van der Waals surface area contributed by atoms with Gasteiger partial charge in [0.25, 0.3) is 0 Å². The molecule has 7 heteroatoms. The van der Waals surface area contributed by atoms with Gasteiger partial charge in [-0.3, -0.25) is 4.79 Å². The molecular formula is C18H22N2O4S. The number of β-lactam (4-membered cyclic amide) rings is 1. The summed E-state index contributed by atoms with van der Waals surface area (Å²) in [6, 6.07) is 9.24. The minimum Gasteiger partial charge on any atom is -0.456 e. The summed E-state index contributed by atoms with van der Waals surface area (Å²) in [6.45, 7) is 2.25. The number of amides is 1. The lowest BCUT2D eigenvalue weighted by Crippen LogP contribution is -2.61. The number of aliphatic hydroxyl groups is 1. The number of carbonyl (C=O) groups excluding carboxylic acids is 2. The Morgan fingerprint density at radius 2 is 2.16 bits per heavy atom. The van der Waals surface area contributed by atoms with Gasteiger partial charge >= 0.3 is 5.97 Å². The number of thioether (sulfide) groups is 1. The predicted octanol–water partition coefficient (Wildman–Crippen LogP) is 1.24. The number of nitrogens with two attached hydrogens (primary N) is 1. The van der Waals surface area contributed by atoms with Crippen molar-refractivity contribution >= 4 is 23.6 Å². The molecule has 2 aliphatic rings. The molecule has 3 rings (SSSR count). The Bertz CT molecular complexity index is 690. The van der Waals surface area contributed by atoms with E-state index in [0.29, 0.717) is 24.4 Å². The minimum atomic E-state index is -0.728. The molecule has 3 atom stereocenters. The van der Waals surface area contributed by atoms with Crippen LogP contribution in [0.25, 0.3) is 0 Å². The highest BCUT2D eigenvalue weighted by molar-refractivity contribution is 8.03. The molecule has 25 heavy (non-hydrogen) atoms. The molecule has 0 spiro atoms. The van der Waals surface area contributed by atoms with Crippen molar-refractivity contribution in [2.24, 2.45) is 11.7 Å². The quantitative estimate of drug-likeness (QED) is 0.560. The highest BCUT2D eigenvalue weighted by Crippen LogP contribution is 2.47. The number of esters is 1. The second-order valence-corrected chi connectivity index (χ2v) is 7.41. The first-order chi connectivity index (χ1) is 12.0. The van der Waals surface area contributed by atoms with E-state index in [0.717, 1.165) is 10.5 Å². The lowest BCUT2D eigenvalue weighted by Gasteiger charge is -2.44. The molecule has 1 saturated heterocycles. The Morgan fingerprint density at radius 3 is 2.80 bits per heavy atom. The van der Waals surface area contributed by atoms with E-state index in [1.807, 2.05) is 30.3 Å². The molecule has 1 fully saturated rings. The SMILES string of the molecule is C[C@@H](O)[C@H]1C(=O)N2C(C(=O)OCc3ccccc3)=C(SCCN)C[C@H]12. The maximum absolute atomic E-state index is 12.6. The Balaban J connectivity index is 1.75. The summed E-state index contributed by atoms with van der Waals surface area (Å²) in [6.07, 6.45) is -0.156. The van der Waals surface area contributed by atoms with Crippen molar-refractivity contribution < 1.29 is 19.4 Å². The van der Waals surface area contributed by atoms with Crippen molar-refractivity contribution in [3.05, 3.63) is 46.5 Å². The topological polar surface area (TPSA) is 92.9 Å². The molecule has 0 unspecified atom stereocenters. The molecule has 2 heterocycles. The first-order valence-electron chi connectivity index (χ1n) is 8.32. The normalized spacial score (nSPS) is 23.3. The van der Waals surface area contributed by atoms with E-state index in [9.17, 15) is 14.7 Å². The molecule has 134 valence electrons. The van der Waals surface area contributed by atoms with Crippen molar-refractivity contribution in [3.63, 3.8) is 0 Å². The predicted molar refractivity (Wildman–Crippen MR) is 95.2 cm³/mol. The van der Waals surface area contributed by atoms with Gasteiger partial charge in [0.05, 0.1) is 18.1 Å². The van der Waals surface area contributed by atoms with Crippen molar-refractivity contribution in [1.82, 2.24) is 4.90 Å². The van der Waals surface area contributed by atoms with Gasteiger partial charge in [-0.2, -0.15) is 0 Å². The maximum atomic E-state index is 12.6. The van der Waals surface area contributed by atoms with Gasteiger partial charge < -0.3 is 20.5 Å². The fraction of sp³-hybridized carbons (Fsp3) is 0.444. The van der Waals surface area contributed by atoms with Crippen molar-refractivity contribution in [1.29, 1.82) is 0 Å². The number of aliphatic hydroxyl groups excluding tert-OH is 1. The van der Waals surface area contributed by atoms with Crippen molar-refractivity contribution in [3.8, 4) is 0 Å². The number of hydrogen-bond acceptors (Lipinski definition) is 6. The van der Waals surface area contributed by atoms with Crippen LogP contribution in [0.3, 0.4) is 0 Å². The summed E-state index contributed by atoms with van der Waals surface area (Å²) in [4.78, 5) is 27.3. The highest BCUT2D eigenvalue weighted by atomic mass is 32.2. The number of carbonyl (C=O) groups is 2. The Morgan fingerprint density at radius 1 is 1.44 bits per heavy atom. The zero-order chi connectivity index (χ0) is 18.0. The van der Waals surface area contributed by atoms with E-state index < -0.39 is 18.0 Å². The zero-order valence-electron chi connectivity index (χ0n) is 14.1. The average Bonchev–Trinajstić information content (AvgIpc) is 2.92. The van der Waals surface area contributed by atoms with Gasteiger partial charge in [-0.1, -0.05) is 30.3 Å². The van der Waals surface area contributed by atoms with Crippen molar-refractivity contribution in [2.45, 2.75) is 32.1 Å². The van der Waals surface area contributed by atoms with E-state index in [-0.39, 0.29) is 18.6 Å². The van der Waals surface area contributed by atoms with Crippen LogP contribution in [-0.2, 0) is 20.9 Å². The van der Waals surface area contributed by atoms with Gasteiger partial charge in [0, 0.05) is 23.6 Å². The van der Waals surface area contributed by atoms with Gasteiger partial charge in [0.2, 0.25) is 5.91 Å². The lowest BCUT2D eigenvalue weighted by atomic mass is 9.83. The number of ether oxygens (including phenoxy) is 1. The van der Waals surface area contributed by atoms with Crippen LogP contribution < -0.4 is 5.73 Å². The van der Waals surface area contributed by atoms with E-state index in [2.05, 4.69) is 0 Å². The van der Waals surface area contributed by atoms with Gasteiger partial charge in [-0.05, 0) is 12.5 Å². The number of rotatable bonds is 7. The fourth-order valence-corrected chi connectivity index (χ4v) is 4.29. The Hall–Kier alpha value is -1.83. The largest absolute Gasteiger partial charge is 0.456 e. The first-order valence-corrected chi connectivity index (χ1v) is 9.31. The van der Waals surface area contributed by atoms with Gasteiger partial charge in [-0.25, -0.2) is 4.79 Å². The smallest absolute Gasteiger partial charge is 0.356 e. The molecule has 1 aromatic rings. The van der Waals surface area contributed by atoms with Crippen LogP contribution in [0, 0.1) is 5.92 Å². The van der Waals surface area contributed by atoms with Gasteiger partial charge in [-0.15, -0.1) is 11.8 Å². The van der Waals surface area contributed by atoms with Crippen LogP contribution in [0.2, 0.25) is 0 Å². The van der Waals surface area contributed by atoms with Crippen LogP contribution in [0.5, 0.6) is 0 Å². The third-order valence-electron chi connectivity index (χ3n) is 4.49. The van der Waals surface area contributed by atoms with Crippen molar-refractivity contribution in [2.75, 3.05) is 12.3 Å². The summed E-state index contributed by atoms with van der Waals surface area (Å²) >= 11 is 1.48.